The zero-order valence-corrected chi connectivity index (χ0v) is 19.6. The first-order valence-electron chi connectivity index (χ1n) is 11.9. The molecule has 1 aliphatic carbocycles. The lowest BCUT2D eigenvalue weighted by atomic mass is 9.64. The molecule has 3 unspecified atom stereocenters. The third-order valence-corrected chi connectivity index (χ3v) is 7.82. The van der Waals surface area contributed by atoms with Crippen molar-refractivity contribution in [1.82, 2.24) is 15.3 Å². The van der Waals surface area contributed by atoms with Gasteiger partial charge in [0, 0.05) is 34.9 Å². The summed E-state index contributed by atoms with van der Waals surface area (Å²) in [7, 11) is 1.64. The minimum absolute atomic E-state index is 0.122. The standard InChI is InChI=1S/C28H29N3O2/c1-15-9-11-20-19(13-15)23-25-24(17-7-5-6-8-18(17)26(23)33-28(20,2)3)31-22-14-16(27(32)29-4)10-12-21(22)30-25/h5-8,10,12,14-15,19-20H,9,11,13H2,1-4H3,(H,29,32). The topological polar surface area (TPSA) is 64.1 Å². The zero-order chi connectivity index (χ0) is 22.9. The molecule has 5 heteroatoms. The summed E-state index contributed by atoms with van der Waals surface area (Å²) in [5, 5.41) is 4.84. The molecule has 4 aromatic rings. The zero-order valence-electron chi connectivity index (χ0n) is 19.6. The highest BCUT2D eigenvalue weighted by atomic mass is 16.5. The number of nitrogens with zero attached hydrogens (tertiary/aromatic N) is 2. The van der Waals surface area contributed by atoms with Gasteiger partial charge in [-0.1, -0.05) is 37.6 Å². The van der Waals surface area contributed by atoms with E-state index in [0.717, 1.165) is 45.0 Å². The van der Waals surface area contributed by atoms with E-state index in [1.807, 2.05) is 24.3 Å². The van der Waals surface area contributed by atoms with Crippen LogP contribution >= 0.6 is 0 Å². The molecule has 0 radical (unpaired) electrons. The molecule has 2 heterocycles. The number of aromatic nitrogens is 2. The van der Waals surface area contributed by atoms with Crippen molar-refractivity contribution >= 4 is 38.7 Å². The third-order valence-electron chi connectivity index (χ3n) is 7.82. The van der Waals surface area contributed by atoms with Gasteiger partial charge in [-0.2, -0.15) is 0 Å². The van der Waals surface area contributed by atoms with E-state index in [4.69, 9.17) is 14.7 Å². The molecular weight excluding hydrogens is 410 g/mol. The largest absolute Gasteiger partial charge is 0.487 e. The minimum Gasteiger partial charge on any atom is -0.487 e. The number of rotatable bonds is 1. The number of benzene rings is 3. The molecule has 1 aromatic heterocycles. The monoisotopic (exact) mass is 439 g/mol. The fourth-order valence-electron chi connectivity index (χ4n) is 6.18. The predicted molar refractivity (Wildman–Crippen MR) is 132 cm³/mol. The third kappa shape index (κ3) is 3.01. The second-order valence-electron chi connectivity index (χ2n) is 10.3. The molecule has 1 saturated carbocycles. The molecular formula is C28H29N3O2. The lowest BCUT2D eigenvalue weighted by molar-refractivity contribution is -0.0115. The highest BCUT2D eigenvalue weighted by molar-refractivity contribution is 6.11. The van der Waals surface area contributed by atoms with E-state index >= 15 is 0 Å². The number of hydrogen-bond acceptors (Lipinski definition) is 4. The van der Waals surface area contributed by atoms with E-state index in [1.165, 1.54) is 18.4 Å². The van der Waals surface area contributed by atoms with Crippen LogP contribution in [0.3, 0.4) is 0 Å². The van der Waals surface area contributed by atoms with Crippen molar-refractivity contribution in [3.63, 3.8) is 0 Å². The van der Waals surface area contributed by atoms with E-state index in [0.29, 0.717) is 23.3 Å². The normalized spacial score (nSPS) is 23.7. The van der Waals surface area contributed by atoms with Gasteiger partial charge in [-0.05, 0) is 56.7 Å². The molecule has 1 amide bonds. The highest BCUT2D eigenvalue weighted by Crippen LogP contribution is 2.56. The number of fused-ring (bicyclic) bond motifs is 9. The maximum atomic E-state index is 12.2. The van der Waals surface area contributed by atoms with Gasteiger partial charge in [0.05, 0.1) is 22.1 Å². The Morgan fingerprint density at radius 1 is 1.03 bits per heavy atom. The van der Waals surface area contributed by atoms with Gasteiger partial charge in [-0.3, -0.25) is 4.79 Å². The molecule has 1 aliphatic heterocycles. The maximum absolute atomic E-state index is 12.2. The molecule has 1 fully saturated rings. The first-order valence-corrected chi connectivity index (χ1v) is 11.9. The Morgan fingerprint density at radius 2 is 1.79 bits per heavy atom. The quantitative estimate of drug-likeness (QED) is 0.292. The smallest absolute Gasteiger partial charge is 0.251 e. The predicted octanol–water partition coefficient (Wildman–Crippen LogP) is 5.99. The molecule has 0 spiro atoms. The van der Waals surface area contributed by atoms with Crippen LogP contribution in [0, 0.1) is 11.8 Å². The number of carbonyl (C=O) groups excluding carboxylic acids is 1. The molecule has 2 aliphatic rings. The first-order chi connectivity index (χ1) is 15.9. The first kappa shape index (κ1) is 20.4. The SMILES string of the molecule is CNC(=O)c1ccc2nc3c4c(c5ccccc5c3nc2c1)OC(C)(C)C1CCC(C)CC41. The van der Waals surface area contributed by atoms with Gasteiger partial charge in [-0.15, -0.1) is 0 Å². The van der Waals surface area contributed by atoms with E-state index in [1.54, 1.807) is 7.05 Å². The van der Waals surface area contributed by atoms with Crippen molar-refractivity contribution in [3.05, 3.63) is 53.6 Å². The summed E-state index contributed by atoms with van der Waals surface area (Å²) < 4.78 is 6.80. The Hall–Kier alpha value is -3.21. The van der Waals surface area contributed by atoms with Crippen LogP contribution in [0.1, 0.15) is 61.9 Å². The molecule has 3 atom stereocenters. The number of ether oxygens (including phenoxy) is 1. The summed E-state index contributed by atoms with van der Waals surface area (Å²) in [6.45, 7) is 6.85. The van der Waals surface area contributed by atoms with Crippen LogP contribution in [-0.2, 0) is 0 Å². The summed E-state index contributed by atoms with van der Waals surface area (Å²) >= 11 is 0. The molecule has 1 N–H and O–H groups in total. The van der Waals surface area contributed by atoms with Crippen molar-refractivity contribution in [2.75, 3.05) is 7.05 Å². The highest BCUT2D eigenvalue weighted by Gasteiger charge is 2.47. The molecule has 33 heavy (non-hydrogen) atoms. The Morgan fingerprint density at radius 3 is 2.58 bits per heavy atom. The average molecular weight is 440 g/mol. The number of carbonyl (C=O) groups is 1. The van der Waals surface area contributed by atoms with Crippen LogP contribution in [0.5, 0.6) is 5.75 Å². The van der Waals surface area contributed by atoms with Gasteiger partial charge in [0.2, 0.25) is 0 Å². The minimum atomic E-state index is -0.221. The average Bonchev–Trinajstić information content (AvgIpc) is 2.81. The molecule has 3 aromatic carbocycles. The second-order valence-corrected chi connectivity index (χ2v) is 10.3. The molecule has 5 nitrogen and oxygen atoms in total. The summed E-state index contributed by atoms with van der Waals surface area (Å²) in [5.74, 6) is 2.39. The molecule has 168 valence electrons. The van der Waals surface area contributed by atoms with Gasteiger partial charge in [0.1, 0.15) is 11.4 Å². The van der Waals surface area contributed by atoms with Gasteiger partial charge in [0.25, 0.3) is 5.91 Å². The van der Waals surface area contributed by atoms with Gasteiger partial charge in [-0.25, -0.2) is 9.97 Å². The van der Waals surface area contributed by atoms with Crippen LogP contribution in [0.25, 0.3) is 32.8 Å². The maximum Gasteiger partial charge on any atom is 0.251 e. The van der Waals surface area contributed by atoms with Crippen LogP contribution in [-0.4, -0.2) is 28.5 Å². The Kier molecular flexibility index (Phi) is 4.42. The van der Waals surface area contributed by atoms with Crippen molar-refractivity contribution in [2.45, 2.75) is 51.6 Å². The lowest BCUT2D eigenvalue weighted by Crippen LogP contribution is -2.46. The van der Waals surface area contributed by atoms with Gasteiger partial charge in [0.15, 0.2) is 0 Å². The molecule has 0 saturated heterocycles. The lowest BCUT2D eigenvalue weighted by Gasteiger charge is -2.49. The van der Waals surface area contributed by atoms with Gasteiger partial charge >= 0.3 is 0 Å². The summed E-state index contributed by atoms with van der Waals surface area (Å²) in [4.78, 5) is 22.4. The Balaban J connectivity index is 1.71. The van der Waals surface area contributed by atoms with E-state index < -0.39 is 0 Å². The Labute approximate surface area is 193 Å². The van der Waals surface area contributed by atoms with E-state index in [9.17, 15) is 4.79 Å². The van der Waals surface area contributed by atoms with Crippen LogP contribution in [0.2, 0.25) is 0 Å². The van der Waals surface area contributed by atoms with Crippen molar-refractivity contribution < 1.29 is 9.53 Å². The summed E-state index contributed by atoms with van der Waals surface area (Å²) in [6, 6.07) is 13.9. The van der Waals surface area contributed by atoms with E-state index in [-0.39, 0.29) is 11.5 Å². The van der Waals surface area contributed by atoms with E-state index in [2.05, 4.69) is 44.3 Å². The van der Waals surface area contributed by atoms with Crippen molar-refractivity contribution in [1.29, 1.82) is 0 Å². The fraction of sp³-hybridized carbons (Fsp3) is 0.393. The number of amides is 1. The Bertz CT molecular complexity index is 1440. The van der Waals surface area contributed by atoms with Crippen LogP contribution in [0.15, 0.2) is 42.5 Å². The number of hydrogen-bond donors (Lipinski definition) is 1. The van der Waals surface area contributed by atoms with Crippen LogP contribution in [0.4, 0.5) is 0 Å². The summed E-state index contributed by atoms with van der Waals surface area (Å²) in [6.07, 6.45) is 3.56. The van der Waals surface area contributed by atoms with Gasteiger partial charge < -0.3 is 10.1 Å². The molecule has 6 rings (SSSR count). The molecule has 0 bridgehead atoms. The fourth-order valence-corrected chi connectivity index (χ4v) is 6.18. The van der Waals surface area contributed by atoms with Crippen molar-refractivity contribution in [3.8, 4) is 5.75 Å². The summed E-state index contributed by atoms with van der Waals surface area (Å²) in [5.41, 5.74) is 4.98. The number of nitrogens with one attached hydrogen (secondary N) is 1. The second kappa shape index (κ2) is 7.14. The van der Waals surface area contributed by atoms with Crippen molar-refractivity contribution in [2.24, 2.45) is 11.8 Å². The van der Waals surface area contributed by atoms with Crippen LogP contribution < -0.4 is 10.1 Å².